The lowest BCUT2D eigenvalue weighted by atomic mass is 10.2. The fourth-order valence-corrected chi connectivity index (χ4v) is 3.29. The van der Waals surface area contributed by atoms with E-state index in [1.54, 1.807) is 6.07 Å². The van der Waals surface area contributed by atoms with Crippen LogP contribution in [-0.2, 0) is 6.54 Å². The van der Waals surface area contributed by atoms with Gasteiger partial charge in [-0.3, -0.25) is 0 Å². The highest BCUT2D eigenvalue weighted by atomic mass is 35.5. The first-order valence-electron chi connectivity index (χ1n) is 7.89. The summed E-state index contributed by atoms with van der Waals surface area (Å²) >= 11 is 12.1. The SMILES string of the molecule is O=C(NCc1ccccc1)N1CCN(c2cc(Cl)cc(Cl)c2)CC1. The van der Waals surface area contributed by atoms with Crippen molar-refractivity contribution in [3.8, 4) is 0 Å². The highest BCUT2D eigenvalue weighted by Crippen LogP contribution is 2.26. The van der Waals surface area contributed by atoms with Crippen LogP contribution >= 0.6 is 23.2 Å². The summed E-state index contributed by atoms with van der Waals surface area (Å²) < 4.78 is 0. The third-order valence-corrected chi connectivity index (χ3v) is 4.50. The van der Waals surface area contributed by atoms with E-state index in [9.17, 15) is 4.79 Å². The van der Waals surface area contributed by atoms with Crippen LogP contribution in [0.4, 0.5) is 10.5 Å². The van der Waals surface area contributed by atoms with Gasteiger partial charge in [0.05, 0.1) is 0 Å². The van der Waals surface area contributed by atoms with E-state index < -0.39 is 0 Å². The molecule has 0 saturated carbocycles. The molecule has 126 valence electrons. The molecule has 2 aromatic carbocycles. The number of nitrogens with zero attached hydrogens (tertiary/aromatic N) is 2. The van der Waals surface area contributed by atoms with Crippen LogP contribution in [0.1, 0.15) is 5.56 Å². The van der Waals surface area contributed by atoms with Gasteiger partial charge >= 0.3 is 6.03 Å². The topological polar surface area (TPSA) is 35.6 Å². The number of benzene rings is 2. The fourth-order valence-electron chi connectivity index (χ4n) is 2.77. The van der Waals surface area contributed by atoms with Crippen molar-refractivity contribution in [2.75, 3.05) is 31.1 Å². The van der Waals surface area contributed by atoms with Crippen LogP contribution in [0.3, 0.4) is 0 Å². The largest absolute Gasteiger partial charge is 0.368 e. The highest BCUT2D eigenvalue weighted by molar-refractivity contribution is 6.35. The van der Waals surface area contributed by atoms with E-state index in [4.69, 9.17) is 23.2 Å². The van der Waals surface area contributed by atoms with Gasteiger partial charge in [0.1, 0.15) is 0 Å². The molecule has 1 fully saturated rings. The van der Waals surface area contributed by atoms with E-state index in [2.05, 4.69) is 10.2 Å². The van der Waals surface area contributed by atoms with Gasteiger partial charge in [-0.1, -0.05) is 53.5 Å². The van der Waals surface area contributed by atoms with Gasteiger partial charge in [0, 0.05) is 48.5 Å². The second-order valence-electron chi connectivity index (χ2n) is 5.75. The van der Waals surface area contributed by atoms with Crippen molar-refractivity contribution < 1.29 is 4.79 Å². The van der Waals surface area contributed by atoms with Gasteiger partial charge in [-0.25, -0.2) is 4.79 Å². The zero-order valence-corrected chi connectivity index (χ0v) is 14.7. The smallest absolute Gasteiger partial charge is 0.317 e. The standard InChI is InChI=1S/C18H19Cl2N3O/c19-15-10-16(20)12-17(11-15)22-6-8-23(9-7-22)18(24)21-13-14-4-2-1-3-5-14/h1-5,10-12H,6-9,13H2,(H,21,24). The maximum Gasteiger partial charge on any atom is 0.317 e. The molecule has 0 unspecified atom stereocenters. The Morgan fingerprint density at radius 2 is 1.58 bits per heavy atom. The van der Waals surface area contributed by atoms with E-state index in [0.717, 1.165) is 24.3 Å². The predicted octanol–water partition coefficient (Wildman–Crippen LogP) is 4.03. The first kappa shape index (κ1) is 16.9. The number of piperazine rings is 1. The van der Waals surface area contributed by atoms with Gasteiger partial charge in [0.2, 0.25) is 0 Å². The Hall–Kier alpha value is -1.91. The number of hydrogen-bond acceptors (Lipinski definition) is 2. The summed E-state index contributed by atoms with van der Waals surface area (Å²) in [5.74, 6) is 0. The molecule has 1 N–H and O–H groups in total. The van der Waals surface area contributed by atoms with Crippen molar-refractivity contribution >= 4 is 34.9 Å². The highest BCUT2D eigenvalue weighted by Gasteiger charge is 2.21. The molecule has 0 aromatic heterocycles. The summed E-state index contributed by atoms with van der Waals surface area (Å²) in [4.78, 5) is 16.3. The Kier molecular flexibility index (Phi) is 5.48. The van der Waals surface area contributed by atoms with Crippen LogP contribution in [0.25, 0.3) is 0 Å². The molecule has 1 aliphatic heterocycles. The molecule has 4 nitrogen and oxygen atoms in total. The van der Waals surface area contributed by atoms with E-state index in [1.165, 1.54) is 0 Å². The monoisotopic (exact) mass is 363 g/mol. The quantitative estimate of drug-likeness (QED) is 0.893. The molecule has 2 amide bonds. The van der Waals surface area contributed by atoms with Crippen molar-refractivity contribution in [2.45, 2.75) is 6.54 Å². The van der Waals surface area contributed by atoms with Gasteiger partial charge in [-0.15, -0.1) is 0 Å². The molecule has 3 rings (SSSR count). The van der Waals surface area contributed by atoms with Crippen molar-refractivity contribution in [3.05, 3.63) is 64.1 Å². The summed E-state index contributed by atoms with van der Waals surface area (Å²) in [7, 11) is 0. The Morgan fingerprint density at radius 1 is 0.958 bits per heavy atom. The first-order valence-corrected chi connectivity index (χ1v) is 8.65. The molecule has 1 saturated heterocycles. The molecule has 0 radical (unpaired) electrons. The van der Waals surface area contributed by atoms with Crippen LogP contribution < -0.4 is 10.2 Å². The number of urea groups is 1. The van der Waals surface area contributed by atoms with E-state index in [1.807, 2.05) is 47.4 Å². The van der Waals surface area contributed by atoms with Gasteiger partial charge in [0.25, 0.3) is 0 Å². The number of halogens is 2. The molecule has 0 aliphatic carbocycles. The number of carbonyl (C=O) groups is 1. The summed E-state index contributed by atoms with van der Waals surface area (Å²) in [6.45, 7) is 3.41. The molecule has 24 heavy (non-hydrogen) atoms. The zero-order valence-electron chi connectivity index (χ0n) is 13.2. The van der Waals surface area contributed by atoms with Crippen molar-refractivity contribution in [3.63, 3.8) is 0 Å². The lowest BCUT2D eigenvalue weighted by molar-refractivity contribution is 0.194. The summed E-state index contributed by atoms with van der Waals surface area (Å²) in [6, 6.07) is 15.4. The van der Waals surface area contributed by atoms with Crippen molar-refractivity contribution in [2.24, 2.45) is 0 Å². The molecule has 1 heterocycles. The Morgan fingerprint density at radius 3 is 2.21 bits per heavy atom. The first-order chi connectivity index (χ1) is 11.6. The molecule has 0 atom stereocenters. The minimum atomic E-state index is -0.0253. The second-order valence-corrected chi connectivity index (χ2v) is 6.62. The average Bonchev–Trinajstić information content (AvgIpc) is 2.60. The van der Waals surface area contributed by atoms with Crippen LogP contribution in [0.2, 0.25) is 10.0 Å². The van der Waals surface area contributed by atoms with Crippen molar-refractivity contribution in [1.29, 1.82) is 0 Å². The van der Waals surface area contributed by atoms with Gasteiger partial charge in [0.15, 0.2) is 0 Å². The van der Waals surface area contributed by atoms with E-state index in [0.29, 0.717) is 29.7 Å². The van der Waals surface area contributed by atoms with Gasteiger partial charge in [-0.2, -0.15) is 0 Å². The predicted molar refractivity (Wildman–Crippen MR) is 98.9 cm³/mol. The molecule has 6 heteroatoms. The molecule has 2 aromatic rings. The maximum atomic E-state index is 12.3. The Balaban J connectivity index is 1.52. The van der Waals surface area contributed by atoms with Crippen molar-refractivity contribution in [1.82, 2.24) is 10.2 Å². The lowest BCUT2D eigenvalue weighted by Crippen LogP contribution is -2.51. The summed E-state index contributed by atoms with van der Waals surface area (Å²) in [5, 5.41) is 4.22. The third kappa shape index (κ3) is 4.34. The zero-order chi connectivity index (χ0) is 16.9. The normalized spacial score (nSPS) is 14.6. The van der Waals surface area contributed by atoms with Crippen LogP contribution in [0, 0.1) is 0 Å². The van der Waals surface area contributed by atoms with Crippen LogP contribution in [-0.4, -0.2) is 37.1 Å². The number of amides is 2. The van der Waals surface area contributed by atoms with E-state index in [-0.39, 0.29) is 6.03 Å². The molecular formula is C18H19Cl2N3O. The minimum absolute atomic E-state index is 0.0253. The summed E-state index contributed by atoms with van der Waals surface area (Å²) in [5.41, 5.74) is 2.09. The van der Waals surface area contributed by atoms with Crippen LogP contribution in [0.5, 0.6) is 0 Å². The lowest BCUT2D eigenvalue weighted by Gasteiger charge is -2.36. The number of nitrogens with one attached hydrogen (secondary N) is 1. The van der Waals surface area contributed by atoms with Gasteiger partial charge in [-0.05, 0) is 23.8 Å². The molecule has 1 aliphatic rings. The van der Waals surface area contributed by atoms with Gasteiger partial charge < -0.3 is 15.1 Å². The second kappa shape index (κ2) is 7.77. The minimum Gasteiger partial charge on any atom is -0.368 e. The van der Waals surface area contributed by atoms with E-state index >= 15 is 0 Å². The molecule has 0 spiro atoms. The number of carbonyl (C=O) groups excluding carboxylic acids is 1. The number of hydrogen-bond donors (Lipinski definition) is 1. The number of rotatable bonds is 3. The Bertz CT molecular complexity index is 680. The summed E-state index contributed by atoms with van der Waals surface area (Å²) in [6.07, 6.45) is 0. The Labute approximate surface area is 152 Å². The number of anilines is 1. The molecule has 0 bridgehead atoms. The fraction of sp³-hybridized carbons (Fsp3) is 0.278. The average molecular weight is 364 g/mol. The third-order valence-electron chi connectivity index (χ3n) is 4.07. The molecular weight excluding hydrogens is 345 g/mol. The maximum absolute atomic E-state index is 12.3. The van der Waals surface area contributed by atoms with Crippen LogP contribution in [0.15, 0.2) is 48.5 Å².